The van der Waals surface area contributed by atoms with Gasteiger partial charge < -0.3 is 5.32 Å². The highest BCUT2D eigenvalue weighted by atomic mass is 15.2. The lowest BCUT2D eigenvalue weighted by molar-refractivity contribution is 0.114. The second kappa shape index (κ2) is 5.37. The molecule has 0 saturated carbocycles. The van der Waals surface area contributed by atoms with Crippen LogP contribution >= 0.6 is 0 Å². The molecule has 4 heteroatoms. The first-order chi connectivity index (χ1) is 7.77. The summed E-state index contributed by atoms with van der Waals surface area (Å²) in [6.45, 7) is 8.64. The summed E-state index contributed by atoms with van der Waals surface area (Å²) in [5.41, 5.74) is 0. The Hall–Kier alpha value is -1.00. The van der Waals surface area contributed by atoms with E-state index in [4.69, 9.17) is 0 Å². The number of nitrogens with one attached hydrogen (secondary N) is 1. The third kappa shape index (κ3) is 2.77. The van der Waals surface area contributed by atoms with Crippen LogP contribution in [0.5, 0.6) is 0 Å². The summed E-state index contributed by atoms with van der Waals surface area (Å²) >= 11 is 0. The third-order valence-corrected chi connectivity index (χ3v) is 3.13. The molecule has 1 unspecified atom stereocenters. The molecule has 0 amide bonds. The molecule has 1 aliphatic heterocycles. The molecule has 1 N–H and O–H groups in total. The van der Waals surface area contributed by atoms with E-state index in [0.717, 1.165) is 32.0 Å². The standard InChI is InChI=1S/C12H20N4/c1-10(2)11-8-13-6-7-16(11)9-12-14-4-3-5-15-12/h3-5,10-11,13H,6-9H2,1-2H3. The summed E-state index contributed by atoms with van der Waals surface area (Å²) in [4.78, 5) is 11.1. The smallest absolute Gasteiger partial charge is 0.142 e. The van der Waals surface area contributed by atoms with Gasteiger partial charge in [-0.1, -0.05) is 13.8 Å². The van der Waals surface area contributed by atoms with Crippen LogP contribution < -0.4 is 5.32 Å². The van der Waals surface area contributed by atoms with Gasteiger partial charge >= 0.3 is 0 Å². The first-order valence-corrected chi connectivity index (χ1v) is 5.98. The normalized spacial score (nSPS) is 22.6. The van der Waals surface area contributed by atoms with E-state index in [1.807, 2.05) is 18.5 Å². The minimum absolute atomic E-state index is 0.595. The SMILES string of the molecule is CC(C)C1CNCCN1Cc1ncccn1. The molecule has 16 heavy (non-hydrogen) atoms. The number of hydrogen-bond acceptors (Lipinski definition) is 4. The highest BCUT2D eigenvalue weighted by Crippen LogP contribution is 2.14. The van der Waals surface area contributed by atoms with Crippen LogP contribution in [0.1, 0.15) is 19.7 Å². The summed E-state index contributed by atoms with van der Waals surface area (Å²) in [6, 6.07) is 2.46. The Morgan fingerprint density at radius 3 is 2.88 bits per heavy atom. The Bertz CT molecular complexity index is 312. The molecule has 0 spiro atoms. The molecular formula is C12H20N4. The third-order valence-electron chi connectivity index (χ3n) is 3.13. The molecule has 0 bridgehead atoms. The van der Waals surface area contributed by atoms with E-state index >= 15 is 0 Å². The molecule has 0 radical (unpaired) electrons. The summed E-state index contributed by atoms with van der Waals surface area (Å²) < 4.78 is 0. The number of piperazine rings is 1. The van der Waals surface area contributed by atoms with Crippen LogP contribution in [0, 0.1) is 5.92 Å². The second-order valence-electron chi connectivity index (χ2n) is 4.65. The fraction of sp³-hybridized carbons (Fsp3) is 0.667. The van der Waals surface area contributed by atoms with Crippen molar-refractivity contribution in [3.63, 3.8) is 0 Å². The Morgan fingerprint density at radius 1 is 1.44 bits per heavy atom. The molecule has 0 aliphatic carbocycles. The summed E-state index contributed by atoms with van der Waals surface area (Å²) in [6.07, 6.45) is 3.63. The average molecular weight is 220 g/mol. The topological polar surface area (TPSA) is 41.0 Å². The maximum atomic E-state index is 4.29. The zero-order chi connectivity index (χ0) is 11.4. The molecule has 2 heterocycles. The molecule has 1 saturated heterocycles. The van der Waals surface area contributed by atoms with E-state index in [1.165, 1.54) is 0 Å². The zero-order valence-corrected chi connectivity index (χ0v) is 10.1. The van der Waals surface area contributed by atoms with Crippen molar-refractivity contribution in [3.05, 3.63) is 24.3 Å². The van der Waals surface area contributed by atoms with Gasteiger partial charge in [0, 0.05) is 38.1 Å². The van der Waals surface area contributed by atoms with E-state index in [1.54, 1.807) is 0 Å². The van der Waals surface area contributed by atoms with Crippen molar-refractivity contribution in [1.29, 1.82) is 0 Å². The van der Waals surface area contributed by atoms with Gasteiger partial charge in [0.1, 0.15) is 5.82 Å². The molecule has 1 fully saturated rings. The highest BCUT2D eigenvalue weighted by molar-refractivity contribution is 4.91. The van der Waals surface area contributed by atoms with Crippen LogP contribution in [0.4, 0.5) is 0 Å². The van der Waals surface area contributed by atoms with Gasteiger partial charge in [0.25, 0.3) is 0 Å². The van der Waals surface area contributed by atoms with Gasteiger partial charge in [0.15, 0.2) is 0 Å². The van der Waals surface area contributed by atoms with Gasteiger partial charge in [-0.05, 0) is 12.0 Å². The van der Waals surface area contributed by atoms with Crippen LogP contribution in [0.3, 0.4) is 0 Å². The van der Waals surface area contributed by atoms with Crippen LogP contribution in [-0.4, -0.2) is 40.5 Å². The Balaban J connectivity index is 2.01. The van der Waals surface area contributed by atoms with E-state index in [0.29, 0.717) is 12.0 Å². The van der Waals surface area contributed by atoms with Crippen molar-refractivity contribution in [3.8, 4) is 0 Å². The number of hydrogen-bond donors (Lipinski definition) is 1. The second-order valence-corrected chi connectivity index (χ2v) is 4.65. The largest absolute Gasteiger partial charge is 0.314 e. The maximum absolute atomic E-state index is 4.29. The summed E-state index contributed by atoms with van der Waals surface area (Å²) in [5, 5.41) is 3.45. The van der Waals surface area contributed by atoms with E-state index in [-0.39, 0.29) is 0 Å². The van der Waals surface area contributed by atoms with Gasteiger partial charge in [-0.25, -0.2) is 9.97 Å². The van der Waals surface area contributed by atoms with E-state index < -0.39 is 0 Å². The first kappa shape index (κ1) is 11.5. The Kier molecular flexibility index (Phi) is 3.85. The van der Waals surface area contributed by atoms with Gasteiger partial charge in [0.05, 0.1) is 6.54 Å². The predicted molar refractivity (Wildman–Crippen MR) is 63.9 cm³/mol. The van der Waals surface area contributed by atoms with Crippen molar-refractivity contribution in [1.82, 2.24) is 20.2 Å². The lowest BCUT2D eigenvalue weighted by Gasteiger charge is -2.38. The monoisotopic (exact) mass is 220 g/mol. The number of nitrogens with zero attached hydrogens (tertiary/aromatic N) is 3. The molecule has 1 aromatic heterocycles. The molecule has 2 rings (SSSR count). The van der Waals surface area contributed by atoms with Crippen LogP contribution in [-0.2, 0) is 6.54 Å². The lowest BCUT2D eigenvalue weighted by atomic mass is 10.0. The Morgan fingerprint density at radius 2 is 2.19 bits per heavy atom. The minimum atomic E-state index is 0.595. The van der Waals surface area contributed by atoms with Crippen molar-refractivity contribution in [2.24, 2.45) is 5.92 Å². The van der Waals surface area contributed by atoms with Gasteiger partial charge in [-0.3, -0.25) is 4.90 Å². The number of rotatable bonds is 3. The summed E-state index contributed by atoms with van der Waals surface area (Å²) in [5.74, 6) is 1.59. The molecular weight excluding hydrogens is 200 g/mol. The van der Waals surface area contributed by atoms with Crippen LogP contribution in [0.25, 0.3) is 0 Å². The Labute approximate surface area is 97.1 Å². The highest BCUT2D eigenvalue weighted by Gasteiger charge is 2.25. The van der Waals surface area contributed by atoms with Crippen molar-refractivity contribution >= 4 is 0 Å². The van der Waals surface area contributed by atoms with Gasteiger partial charge in [-0.2, -0.15) is 0 Å². The molecule has 1 atom stereocenters. The fourth-order valence-corrected chi connectivity index (χ4v) is 2.21. The zero-order valence-electron chi connectivity index (χ0n) is 10.1. The van der Waals surface area contributed by atoms with Crippen LogP contribution in [0.2, 0.25) is 0 Å². The van der Waals surface area contributed by atoms with E-state index in [2.05, 4.69) is 34.0 Å². The number of aromatic nitrogens is 2. The minimum Gasteiger partial charge on any atom is -0.314 e. The molecule has 0 aromatic carbocycles. The lowest BCUT2D eigenvalue weighted by Crippen LogP contribution is -2.53. The summed E-state index contributed by atoms with van der Waals surface area (Å²) in [7, 11) is 0. The first-order valence-electron chi connectivity index (χ1n) is 5.98. The van der Waals surface area contributed by atoms with Gasteiger partial charge in [0.2, 0.25) is 0 Å². The molecule has 1 aromatic rings. The van der Waals surface area contributed by atoms with Crippen molar-refractivity contribution in [2.45, 2.75) is 26.4 Å². The van der Waals surface area contributed by atoms with E-state index in [9.17, 15) is 0 Å². The van der Waals surface area contributed by atoms with Crippen molar-refractivity contribution in [2.75, 3.05) is 19.6 Å². The fourth-order valence-electron chi connectivity index (χ4n) is 2.21. The maximum Gasteiger partial charge on any atom is 0.142 e. The van der Waals surface area contributed by atoms with Gasteiger partial charge in [-0.15, -0.1) is 0 Å². The quantitative estimate of drug-likeness (QED) is 0.822. The predicted octanol–water partition coefficient (Wildman–Crippen LogP) is 0.906. The molecule has 1 aliphatic rings. The molecule has 4 nitrogen and oxygen atoms in total. The van der Waals surface area contributed by atoms with Crippen LogP contribution in [0.15, 0.2) is 18.5 Å². The average Bonchev–Trinajstić information content (AvgIpc) is 2.31. The molecule has 88 valence electrons. The van der Waals surface area contributed by atoms with Crippen molar-refractivity contribution < 1.29 is 0 Å².